The van der Waals surface area contributed by atoms with Crippen LogP contribution < -0.4 is 10.6 Å². The fourth-order valence-corrected chi connectivity index (χ4v) is 4.68. The van der Waals surface area contributed by atoms with Crippen LogP contribution in [0.25, 0.3) is 0 Å². The van der Waals surface area contributed by atoms with Crippen molar-refractivity contribution in [1.82, 2.24) is 10.2 Å². The molecule has 132 valence electrons. The Labute approximate surface area is 156 Å². The van der Waals surface area contributed by atoms with E-state index in [0.29, 0.717) is 28.3 Å². The number of hydrogen-bond donors (Lipinski definition) is 2. The second kappa shape index (κ2) is 8.03. The van der Waals surface area contributed by atoms with Gasteiger partial charge in [0.05, 0.1) is 10.7 Å². The third-order valence-corrected chi connectivity index (χ3v) is 5.71. The maximum atomic E-state index is 6.20. The Balaban J connectivity index is 1.57. The largest absolute Gasteiger partial charge is 0.360 e. The molecule has 2 aliphatic rings. The molecule has 0 amide bonds. The van der Waals surface area contributed by atoms with Crippen molar-refractivity contribution < 1.29 is 0 Å². The van der Waals surface area contributed by atoms with Gasteiger partial charge >= 0.3 is 0 Å². The van der Waals surface area contributed by atoms with Crippen molar-refractivity contribution >= 4 is 34.6 Å². The Bertz CT molecular complexity index is 563. The minimum atomic E-state index is 0.464. The van der Waals surface area contributed by atoms with E-state index in [-0.39, 0.29) is 0 Å². The zero-order valence-corrected chi connectivity index (χ0v) is 16.2. The summed E-state index contributed by atoms with van der Waals surface area (Å²) in [5.74, 6) is 0.737. The van der Waals surface area contributed by atoms with Crippen LogP contribution >= 0.6 is 23.8 Å². The first-order valence-corrected chi connectivity index (χ1v) is 9.89. The van der Waals surface area contributed by atoms with Crippen molar-refractivity contribution in [1.29, 1.82) is 0 Å². The van der Waals surface area contributed by atoms with Crippen LogP contribution in [0, 0.1) is 5.92 Å². The lowest BCUT2D eigenvalue weighted by Crippen LogP contribution is -2.58. The second-order valence-corrected chi connectivity index (χ2v) is 8.39. The molecule has 0 aliphatic carbocycles. The number of para-hydroxylation sites is 1. The van der Waals surface area contributed by atoms with Crippen molar-refractivity contribution in [2.24, 2.45) is 5.92 Å². The van der Waals surface area contributed by atoms with Gasteiger partial charge in [-0.1, -0.05) is 44.0 Å². The molecule has 0 spiro atoms. The summed E-state index contributed by atoms with van der Waals surface area (Å²) < 4.78 is 0. The van der Waals surface area contributed by atoms with Gasteiger partial charge in [-0.25, -0.2) is 0 Å². The van der Waals surface area contributed by atoms with E-state index < -0.39 is 0 Å². The number of piperidine rings is 2. The zero-order chi connectivity index (χ0) is 17.1. The summed E-state index contributed by atoms with van der Waals surface area (Å²) in [6, 6.07) is 9.60. The van der Waals surface area contributed by atoms with Crippen LogP contribution in [0.3, 0.4) is 0 Å². The number of hydrogen-bond acceptors (Lipinski definition) is 2. The molecule has 1 aromatic carbocycles. The van der Waals surface area contributed by atoms with Crippen molar-refractivity contribution in [2.75, 3.05) is 11.9 Å². The van der Waals surface area contributed by atoms with Gasteiger partial charge in [-0.3, -0.25) is 4.90 Å². The highest BCUT2D eigenvalue weighted by Gasteiger charge is 2.38. The molecule has 5 heteroatoms. The van der Waals surface area contributed by atoms with Gasteiger partial charge < -0.3 is 10.6 Å². The summed E-state index contributed by atoms with van der Waals surface area (Å²) >= 11 is 11.7. The summed E-state index contributed by atoms with van der Waals surface area (Å²) in [6.45, 7) is 5.87. The van der Waals surface area contributed by atoms with Crippen LogP contribution in [0.4, 0.5) is 5.69 Å². The molecule has 2 bridgehead atoms. The number of halogens is 1. The number of nitrogens with zero attached hydrogens (tertiary/aromatic N) is 1. The first-order valence-electron chi connectivity index (χ1n) is 9.10. The minimum Gasteiger partial charge on any atom is -0.360 e. The lowest BCUT2D eigenvalue weighted by atomic mass is 9.81. The molecule has 0 radical (unpaired) electrons. The van der Waals surface area contributed by atoms with Gasteiger partial charge in [0.2, 0.25) is 0 Å². The molecule has 2 heterocycles. The molecule has 2 aliphatic heterocycles. The van der Waals surface area contributed by atoms with Gasteiger partial charge in [0.1, 0.15) is 0 Å². The third-order valence-electron chi connectivity index (χ3n) is 5.16. The lowest BCUT2D eigenvalue weighted by molar-refractivity contribution is 0.0191. The summed E-state index contributed by atoms with van der Waals surface area (Å²) in [5, 5.41) is 8.16. The van der Waals surface area contributed by atoms with Crippen molar-refractivity contribution in [3.05, 3.63) is 29.3 Å². The highest BCUT2D eigenvalue weighted by Crippen LogP contribution is 2.34. The molecule has 24 heavy (non-hydrogen) atoms. The van der Waals surface area contributed by atoms with Crippen LogP contribution in [-0.2, 0) is 0 Å². The van der Waals surface area contributed by atoms with Crippen molar-refractivity contribution in [2.45, 2.75) is 64.1 Å². The van der Waals surface area contributed by atoms with E-state index in [9.17, 15) is 0 Å². The van der Waals surface area contributed by atoms with Gasteiger partial charge in [-0.2, -0.15) is 0 Å². The summed E-state index contributed by atoms with van der Waals surface area (Å²) in [5.41, 5.74) is 0.870. The number of anilines is 1. The lowest BCUT2D eigenvalue weighted by Gasteiger charge is -2.49. The number of thiocarbonyl (C=S) groups is 1. The molecule has 2 N–H and O–H groups in total. The zero-order valence-electron chi connectivity index (χ0n) is 14.6. The standard InChI is InChI=1S/C19H28ClN3S/c1-13(2)12-23-15-6-5-7-16(23)11-14(10-15)21-19(24)22-18-9-4-3-8-17(18)20/h3-4,8-9,13-16H,5-7,10-12H2,1-2H3,(H2,21,22,24). The highest BCUT2D eigenvalue weighted by molar-refractivity contribution is 7.80. The summed E-state index contributed by atoms with van der Waals surface area (Å²) in [4.78, 5) is 2.76. The Morgan fingerprint density at radius 1 is 1.25 bits per heavy atom. The van der Waals surface area contributed by atoms with E-state index in [1.807, 2.05) is 24.3 Å². The molecule has 0 saturated carbocycles. The van der Waals surface area contributed by atoms with E-state index in [1.165, 1.54) is 38.6 Å². The molecular weight excluding hydrogens is 338 g/mol. The van der Waals surface area contributed by atoms with Crippen LogP contribution in [0.5, 0.6) is 0 Å². The van der Waals surface area contributed by atoms with Crippen LogP contribution in [0.2, 0.25) is 5.02 Å². The number of fused-ring (bicyclic) bond motifs is 2. The summed E-state index contributed by atoms with van der Waals surface area (Å²) in [6.07, 6.45) is 6.40. The van der Waals surface area contributed by atoms with Gasteiger partial charge in [-0.15, -0.1) is 0 Å². The quantitative estimate of drug-likeness (QED) is 0.758. The molecule has 2 unspecified atom stereocenters. The number of nitrogens with one attached hydrogen (secondary N) is 2. The predicted molar refractivity (Wildman–Crippen MR) is 107 cm³/mol. The SMILES string of the molecule is CC(C)CN1C2CCCC1CC(NC(=S)Nc1ccccc1Cl)C2. The predicted octanol–water partition coefficient (Wildman–Crippen LogP) is 4.67. The maximum absolute atomic E-state index is 6.20. The Hall–Kier alpha value is -0.840. The molecule has 3 nitrogen and oxygen atoms in total. The number of benzene rings is 1. The minimum absolute atomic E-state index is 0.464. The van der Waals surface area contributed by atoms with Crippen LogP contribution in [0.15, 0.2) is 24.3 Å². The normalized spacial score (nSPS) is 27.1. The second-order valence-electron chi connectivity index (χ2n) is 7.58. The van der Waals surface area contributed by atoms with Crippen LogP contribution in [-0.4, -0.2) is 34.7 Å². The van der Waals surface area contributed by atoms with Gasteiger partial charge in [-0.05, 0) is 56.0 Å². The van der Waals surface area contributed by atoms with Crippen molar-refractivity contribution in [3.8, 4) is 0 Å². The third kappa shape index (κ3) is 4.41. The molecule has 2 atom stereocenters. The smallest absolute Gasteiger partial charge is 0.171 e. The number of rotatable bonds is 4. The Kier molecular flexibility index (Phi) is 6.01. The van der Waals surface area contributed by atoms with Crippen molar-refractivity contribution in [3.63, 3.8) is 0 Å². The fraction of sp³-hybridized carbons (Fsp3) is 0.632. The van der Waals surface area contributed by atoms with E-state index >= 15 is 0 Å². The average Bonchev–Trinajstić information content (AvgIpc) is 2.50. The van der Waals surface area contributed by atoms with E-state index in [0.717, 1.165) is 11.6 Å². The fourth-order valence-electron chi connectivity index (χ4n) is 4.22. The van der Waals surface area contributed by atoms with Gasteiger partial charge in [0, 0.05) is 24.7 Å². The van der Waals surface area contributed by atoms with Gasteiger partial charge in [0.25, 0.3) is 0 Å². The van der Waals surface area contributed by atoms with E-state index in [1.54, 1.807) is 0 Å². The monoisotopic (exact) mass is 365 g/mol. The van der Waals surface area contributed by atoms with E-state index in [2.05, 4.69) is 29.4 Å². The summed E-state index contributed by atoms with van der Waals surface area (Å²) in [7, 11) is 0. The molecule has 0 aromatic heterocycles. The Morgan fingerprint density at radius 2 is 1.92 bits per heavy atom. The Morgan fingerprint density at radius 3 is 2.54 bits per heavy atom. The first-order chi connectivity index (χ1) is 11.5. The van der Waals surface area contributed by atoms with Gasteiger partial charge in [0.15, 0.2) is 5.11 Å². The molecule has 2 fully saturated rings. The molecule has 2 saturated heterocycles. The topological polar surface area (TPSA) is 27.3 Å². The maximum Gasteiger partial charge on any atom is 0.171 e. The average molecular weight is 366 g/mol. The van der Waals surface area contributed by atoms with E-state index in [4.69, 9.17) is 23.8 Å². The molecule has 3 rings (SSSR count). The molecule has 1 aromatic rings. The molecular formula is C19H28ClN3S. The first kappa shape index (κ1) is 18.0. The highest BCUT2D eigenvalue weighted by atomic mass is 35.5. The van der Waals surface area contributed by atoms with Crippen LogP contribution in [0.1, 0.15) is 46.0 Å².